The molecule has 0 radical (unpaired) electrons. The van der Waals surface area contributed by atoms with Crippen LogP contribution in [0.4, 0.5) is 9.18 Å². The van der Waals surface area contributed by atoms with Gasteiger partial charge in [-0.05, 0) is 18.9 Å². The average Bonchev–Trinajstić information content (AvgIpc) is 2.56. The van der Waals surface area contributed by atoms with Crippen molar-refractivity contribution in [3.63, 3.8) is 0 Å². The molecule has 132 valence electrons. The van der Waals surface area contributed by atoms with Crippen LogP contribution in [0.15, 0.2) is 24.3 Å². The van der Waals surface area contributed by atoms with Crippen LogP contribution in [0.25, 0.3) is 0 Å². The van der Waals surface area contributed by atoms with Gasteiger partial charge in [-0.15, -0.1) is 0 Å². The molecule has 0 aliphatic heterocycles. The van der Waals surface area contributed by atoms with Crippen molar-refractivity contribution >= 4 is 11.9 Å². The first-order chi connectivity index (χ1) is 11.6. The molecule has 3 amide bonds. The third-order valence-corrected chi connectivity index (χ3v) is 4.37. The Labute approximate surface area is 142 Å². The van der Waals surface area contributed by atoms with Crippen molar-refractivity contribution in [1.82, 2.24) is 15.5 Å². The molecule has 0 unspecified atom stereocenters. The van der Waals surface area contributed by atoms with E-state index in [1.165, 1.54) is 24.3 Å². The van der Waals surface area contributed by atoms with Crippen molar-refractivity contribution in [3.05, 3.63) is 35.6 Å². The molecule has 0 spiro atoms. The van der Waals surface area contributed by atoms with E-state index in [1.807, 2.05) is 0 Å². The van der Waals surface area contributed by atoms with Crippen LogP contribution in [0.1, 0.15) is 44.6 Å². The quantitative estimate of drug-likeness (QED) is 0.840. The number of nitrogens with zero attached hydrogens (tertiary/aromatic N) is 1. The first-order valence-electron chi connectivity index (χ1n) is 8.59. The normalized spacial score (nSPS) is 14.9. The Morgan fingerprint density at radius 2 is 1.92 bits per heavy atom. The van der Waals surface area contributed by atoms with Gasteiger partial charge in [-0.2, -0.15) is 0 Å². The topological polar surface area (TPSA) is 61.4 Å². The number of urea groups is 1. The molecule has 0 aromatic heterocycles. The van der Waals surface area contributed by atoms with E-state index in [4.69, 9.17) is 0 Å². The lowest BCUT2D eigenvalue weighted by Gasteiger charge is -2.24. The molecule has 1 aliphatic rings. The summed E-state index contributed by atoms with van der Waals surface area (Å²) in [4.78, 5) is 25.1. The summed E-state index contributed by atoms with van der Waals surface area (Å²) in [6, 6.07) is 6.45. The van der Waals surface area contributed by atoms with Gasteiger partial charge in [0, 0.05) is 38.2 Å². The van der Waals surface area contributed by atoms with Crippen LogP contribution < -0.4 is 10.6 Å². The average molecular weight is 335 g/mol. The first-order valence-corrected chi connectivity index (χ1v) is 8.59. The third-order valence-electron chi connectivity index (χ3n) is 4.37. The molecule has 1 fully saturated rings. The fourth-order valence-electron chi connectivity index (χ4n) is 2.97. The number of rotatable bonds is 6. The smallest absolute Gasteiger partial charge is 0.315 e. The Balaban J connectivity index is 1.76. The van der Waals surface area contributed by atoms with Crippen LogP contribution in [0.5, 0.6) is 0 Å². The highest BCUT2D eigenvalue weighted by molar-refractivity contribution is 5.75. The highest BCUT2D eigenvalue weighted by Gasteiger charge is 2.16. The number of nitrogens with one attached hydrogen (secondary N) is 2. The number of hydrogen-bond acceptors (Lipinski definition) is 2. The maximum absolute atomic E-state index is 13.7. The highest BCUT2D eigenvalue weighted by atomic mass is 19.1. The van der Waals surface area contributed by atoms with Crippen molar-refractivity contribution in [3.8, 4) is 0 Å². The summed E-state index contributed by atoms with van der Waals surface area (Å²) in [5.74, 6) is -0.473. The molecule has 1 aliphatic carbocycles. The molecule has 0 heterocycles. The predicted octanol–water partition coefficient (Wildman–Crippen LogP) is 2.81. The van der Waals surface area contributed by atoms with Crippen LogP contribution in [-0.2, 0) is 11.3 Å². The molecule has 2 N–H and O–H groups in total. The maximum atomic E-state index is 13.7. The summed E-state index contributed by atoms with van der Waals surface area (Å²) in [6.07, 6.45) is 5.61. The summed E-state index contributed by atoms with van der Waals surface area (Å²) in [5.41, 5.74) is 0.472. The number of amides is 3. The molecule has 24 heavy (non-hydrogen) atoms. The molecule has 1 aromatic rings. The molecule has 2 rings (SSSR count). The zero-order chi connectivity index (χ0) is 17.4. The van der Waals surface area contributed by atoms with Crippen molar-refractivity contribution in [2.45, 2.75) is 51.6 Å². The van der Waals surface area contributed by atoms with E-state index in [9.17, 15) is 14.0 Å². The van der Waals surface area contributed by atoms with E-state index in [-0.39, 0.29) is 30.3 Å². The largest absolute Gasteiger partial charge is 0.337 e. The minimum atomic E-state index is -0.327. The van der Waals surface area contributed by atoms with Gasteiger partial charge in [0.15, 0.2) is 0 Å². The molecule has 5 nitrogen and oxygen atoms in total. The molecule has 0 atom stereocenters. The van der Waals surface area contributed by atoms with E-state index < -0.39 is 0 Å². The van der Waals surface area contributed by atoms with Crippen LogP contribution in [0, 0.1) is 5.82 Å². The monoisotopic (exact) mass is 335 g/mol. The van der Waals surface area contributed by atoms with Crippen LogP contribution in [0.3, 0.4) is 0 Å². The van der Waals surface area contributed by atoms with Gasteiger partial charge in [-0.25, -0.2) is 9.18 Å². The van der Waals surface area contributed by atoms with Gasteiger partial charge >= 0.3 is 6.03 Å². The Morgan fingerprint density at radius 3 is 2.58 bits per heavy atom. The van der Waals surface area contributed by atoms with E-state index in [2.05, 4.69) is 10.6 Å². The number of hydrogen-bond donors (Lipinski definition) is 2. The van der Waals surface area contributed by atoms with Gasteiger partial charge in [0.05, 0.1) is 0 Å². The molecular weight excluding hydrogens is 309 g/mol. The lowest BCUT2D eigenvalue weighted by Crippen LogP contribution is -2.45. The number of carbonyl (C=O) groups is 2. The third kappa shape index (κ3) is 5.83. The number of carbonyl (C=O) groups excluding carboxylic acids is 2. The summed E-state index contributed by atoms with van der Waals surface area (Å²) >= 11 is 0. The second kappa shape index (κ2) is 9.25. The molecule has 1 aromatic carbocycles. The highest BCUT2D eigenvalue weighted by Crippen LogP contribution is 2.17. The van der Waals surface area contributed by atoms with E-state index in [0.717, 1.165) is 25.7 Å². The summed E-state index contributed by atoms with van der Waals surface area (Å²) in [5, 5.41) is 5.75. The van der Waals surface area contributed by atoms with Crippen molar-refractivity contribution < 1.29 is 14.0 Å². The van der Waals surface area contributed by atoms with Gasteiger partial charge in [0.25, 0.3) is 0 Å². The second-order valence-corrected chi connectivity index (χ2v) is 6.27. The van der Waals surface area contributed by atoms with Crippen molar-refractivity contribution in [2.75, 3.05) is 13.1 Å². The lowest BCUT2D eigenvalue weighted by molar-refractivity contribution is -0.129. The Hall–Kier alpha value is -2.11. The zero-order valence-electron chi connectivity index (χ0n) is 14.2. The van der Waals surface area contributed by atoms with E-state index in [0.29, 0.717) is 18.7 Å². The summed E-state index contributed by atoms with van der Waals surface area (Å²) in [7, 11) is 0. The molecule has 0 bridgehead atoms. The van der Waals surface area contributed by atoms with Gasteiger partial charge in [-0.1, -0.05) is 37.5 Å². The fourth-order valence-corrected chi connectivity index (χ4v) is 2.97. The summed E-state index contributed by atoms with van der Waals surface area (Å²) < 4.78 is 13.7. The van der Waals surface area contributed by atoms with Crippen LogP contribution >= 0.6 is 0 Å². The SMILES string of the molecule is CC(=O)N(CCNC(=O)NC1CCCCC1)Cc1ccccc1F. The Kier molecular flexibility index (Phi) is 7.03. The first kappa shape index (κ1) is 18.2. The van der Waals surface area contributed by atoms with Crippen molar-refractivity contribution in [1.29, 1.82) is 0 Å². The lowest BCUT2D eigenvalue weighted by atomic mass is 9.96. The number of halogens is 1. The molecular formula is C18H26FN3O2. The summed E-state index contributed by atoms with van der Waals surface area (Å²) in [6.45, 7) is 2.34. The predicted molar refractivity (Wildman–Crippen MR) is 90.9 cm³/mol. The fraction of sp³-hybridized carbons (Fsp3) is 0.556. The van der Waals surface area contributed by atoms with Crippen molar-refractivity contribution in [2.24, 2.45) is 0 Å². The Bertz CT molecular complexity index is 559. The van der Waals surface area contributed by atoms with Crippen LogP contribution in [-0.4, -0.2) is 36.0 Å². The minimum Gasteiger partial charge on any atom is -0.337 e. The second-order valence-electron chi connectivity index (χ2n) is 6.27. The molecule has 1 saturated carbocycles. The van der Waals surface area contributed by atoms with Gasteiger partial charge in [0.2, 0.25) is 5.91 Å². The standard InChI is InChI=1S/C18H26FN3O2/c1-14(23)22(13-15-7-5-6-10-17(15)19)12-11-20-18(24)21-16-8-3-2-4-9-16/h5-7,10,16H,2-4,8-9,11-13H2,1H3,(H2,20,21,24). The minimum absolute atomic E-state index is 0.146. The zero-order valence-corrected chi connectivity index (χ0v) is 14.2. The molecule has 0 saturated heterocycles. The Morgan fingerprint density at radius 1 is 1.21 bits per heavy atom. The van der Waals surface area contributed by atoms with Gasteiger partial charge in [-0.3, -0.25) is 4.79 Å². The molecule has 6 heteroatoms. The van der Waals surface area contributed by atoms with Gasteiger partial charge < -0.3 is 15.5 Å². The maximum Gasteiger partial charge on any atom is 0.315 e. The van der Waals surface area contributed by atoms with E-state index in [1.54, 1.807) is 18.2 Å². The number of benzene rings is 1. The van der Waals surface area contributed by atoms with Gasteiger partial charge in [0.1, 0.15) is 5.82 Å². The van der Waals surface area contributed by atoms with E-state index >= 15 is 0 Å². The van der Waals surface area contributed by atoms with Crippen LogP contribution in [0.2, 0.25) is 0 Å².